The van der Waals surface area contributed by atoms with Gasteiger partial charge in [-0.1, -0.05) is 36.4 Å². The number of carbonyl (C=O) groups excluding carboxylic acids is 2. The fourth-order valence-corrected chi connectivity index (χ4v) is 6.13. The normalized spacial score (nSPS) is 11.4. The molecule has 2 aromatic heterocycles. The van der Waals surface area contributed by atoms with E-state index in [1.54, 1.807) is 98.9 Å². The van der Waals surface area contributed by atoms with Crippen LogP contribution < -0.4 is 25.3 Å². The average Bonchev–Trinajstić information content (AvgIpc) is 3.68. The Morgan fingerprint density at radius 1 is 0.936 bits per heavy atom. The van der Waals surface area contributed by atoms with E-state index in [0.717, 1.165) is 4.31 Å². The van der Waals surface area contributed by atoms with Gasteiger partial charge >= 0.3 is 0 Å². The van der Waals surface area contributed by atoms with Crippen LogP contribution in [0.4, 0.5) is 5.69 Å². The van der Waals surface area contributed by atoms with E-state index in [1.807, 2.05) is 0 Å². The van der Waals surface area contributed by atoms with E-state index in [2.05, 4.69) is 15.8 Å². The monoisotopic (exact) mass is 656 g/mol. The molecule has 0 aliphatic rings. The molecule has 0 saturated heterocycles. The first-order valence-corrected chi connectivity index (χ1v) is 15.8. The predicted molar refractivity (Wildman–Crippen MR) is 175 cm³/mol. The second-order valence-corrected chi connectivity index (χ2v) is 12.1. The van der Waals surface area contributed by atoms with Crippen LogP contribution in [0.2, 0.25) is 0 Å². The number of rotatable bonds is 13. The molecule has 0 aliphatic heterocycles. The van der Waals surface area contributed by atoms with Crippen LogP contribution in [-0.2, 0) is 33.2 Å². The van der Waals surface area contributed by atoms with Gasteiger partial charge in [0.1, 0.15) is 23.7 Å². The summed E-state index contributed by atoms with van der Waals surface area (Å²) in [5.74, 6) is -0.0143. The minimum Gasteiger partial charge on any atom is -0.484 e. The van der Waals surface area contributed by atoms with Crippen LogP contribution in [0.5, 0.6) is 5.75 Å². The standard InChI is InChI=1S/C33H32N6O7S/c1-24-32(33(42)39(37(24)2)26-10-5-3-6-11-26)38(47(43,44)29-13-7-4-8-14-29)22-30(40)36-35-20-25-15-17-27(18-16-25)46-23-31(41)34-21-28-12-9-19-45-28/h3-20H,21-23H2,1-2H3,(H,34,41)(H,36,40)/b35-20-. The topological polar surface area (TPSA) is 157 Å². The van der Waals surface area contributed by atoms with Crippen molar-refractivity contribution >= 4 is 33.7 Å². The van der Waals surface area contributed by atoms with Crippen LogP contribution in [0.25, 0.3) is 5.69 Å². The molecule has 0 atom stereocenters. The van der Waals surface area contributed by atoms with Crippen molar-refractivity contribution in [1.82, 2.24) is 20.1 Å². The fourth-order valence-electron chi connectivity index (χ4n) is 4.64. The number of hydrazone groups is 1. The average molecular weight is 657 g/mol. The van der Waals surface area contributed by atoms with Crippen LogP contribution in [0, 0.1) is 6.92 Å². The van der Waals surface area contributed by atoms with Crippen molar-refractivity contribution in [3.63, 3.8) is 0 Å². The lowest BCUT2D eigenvalue weighted by Gasteiger charge is -2.22. The van der Waals surface area contributed by atoms with E-state index < -0.39 is 28.0 Å². The van der Waals surface area contributed by atoms with Crippen molar-refractivity contribution in [3.05, 3.63) is 131 Å². The molecular weight excluding hydrogens is 624 g/mol. The summed E-state index contributed by atoms with van der Waals surface area (Å²) < 4.78 is 42.1. The minimum absolute atomic E-state index is 0.0810. The summed E-state index contributed by atoms with van der Waals surface area (Å²) in [6.45, 7) is 0.964. The van der Waals surface area contributed by atoms with E-state index >= 15 is 0 Å². The first kappa shape index (κ1) is 32.5. The number of ether oxygens (including phenoxy) is 1. The molecule has 242 valence electrons. The zero-order chi connectivity index (χ0) is 33.4. The molecule has 0 saturated carbocycles. The van der Waals surface area contributed by atoms with Crippen molar-refractivity contribution < 1.29 is 27.2 Å². The van der Waals surface area contributed by atoms with Crippen LogP contribution in [-0.4, -0.2) is 49.0 Å². The van der Waals surface area contributed by atoms with Gasteiger partial charge in [0.25, 0.3) is 27.4 Å². The molecule has 3 aromatic carbocycles. The van der Waals surface area contributed by atoms with Gasteiger partial charge in [-0.2, -0.15) is 5.10 Å². The molecule has 2 amide bonds. The number of sulfonamides is 1. The summed E-state index contributed by atoms with van der Waals surface area (Å²) >= 11 is 0. The lowest BCUT2D eigenvalue weighted by Crippen LogP contribution is -2.42. The molecule has 0 unspecified atom stereocenters. The van der Waals surface area contributed by atoms with Crippen molar-refractivity contribution in [3.8, 4) is 11.4 Å². The summed E-state index contributed by atoms with van der Waals surface area (Å²) in [5, 5.41) is 6.65. The number of hydrogen-bond acceptors (Lipinski definition) is 8. The van der Waals surface area contributed by atoms with Gasteiger partial charge in [-0.05, 0) is 73.2 Å². The Balaban J connectivity index is 1.28. The predicted octanol–water partition coefficient (Wildman–Crippen LogP) is 3.12. The number of para-hydroxylation sites is 1. The van der Waals surface area contributed by atoms with Gasteiger partial charge in [0, 0.05) is 7.05 Å². The third-order valence-corrected chi connectivity index (χ3v) is 8.84. The maximum Gasteiger partial charge on any atom is 0.296 e. The zero-order valence-corrected chi connectivity index (χ0v) is 26.4. The van der Waals surface area contributed by atoms with Crippen molar-refractivity contribution in [2.24, 2.45) is 12.1 Å². The van der Waals surface area contributed by atoms with Crippen molar-refractivity contribution in [1.29, 1.82) is 0 Å². The lowest BCUT2D eigenvalue weighted by molar-refractivity contribution is -0.123. The Bertz CT molecular complexity index is 2020. The van der Waals surface area contributed by atoms with Gasteiger partial charge in [-0.3, -0.25) is 19.1 Å². The Morgan fingerprint density at radius 2 is 1.62 bits per heavy atom. The molecule has 2 heterocycles. The Kier molecular flexibility index (Phi) is 10.0. The molecule has 0 spiro atoms. The molecular formula is C33H32N6O7S. The zero-order valence-electron chi connectivity index (χ0n) is 25.6. The minimum atomic E-state index is -4.34. The molecule has 0 aliphatic carbocycles. The highest BCUT2D eigenvalue weighted by Gasteiger charge is 2.33. The summed E-state index contributed by atoms with van der Waals surface area (Å²) in [4.78, 5) is 38.8. The Hall–Kier alpha value is -5.89. The number of nitrogens with one attached hydrogen (secondary N) is 2. The smallest absolute Gasteiger partial charge is 0.296 e. The number of benzene rings is 3. The Labute approximate surface area is 270 Å². The maximum atomic E-state index is 13.9. The van der Waals surface area contributed by atoms with E-state index in [1.165, 1.54) is 34.0 Å². The first-order valence-electron chi connectivity index (χ1n) is 14.4. The largest absolute Gasteiger partial charge is 0.484 e. The van der Waals surface area contributed by atoms with E-state index in [9.17, 15) is 22.8 Å². The second-order valence-electron chi connectivity index (χ2n) is 10.2. The summed E-state index contributed by atoms with van der Waals surface area (Å²) in [6, 6.07) is 26.4. The Morgan fingerprint density at radius 3 is 2.28 bits per heavy atom. The number of amides is 2. The SMILES string of the molecule is Cc1c(N(CC(=O)N/N=C\c2ccc(OCC(=O)NCc3ccco3)cc2)S(=O)(=O)c2ccccc2)c(=O)n(-c2ccccc2)n1C. The van der Waals surface area contributed by atoms with Crippen LogP contribution in [0.15, 0.2) is 123 Å². The molecule has 0 fully saturated rings. The van der Waals surface area contributed by atoms with Gasteiger partial charge in [0.05, 0.1) is 35.3 Å². The second kappa shape index (κ2) is 14.5. The number of furan rings is 1. The van der Waals surface area contributed by atoms with Gasteiger partial charge in [0.2, 0.25) is 0 Å². The van der Waals surface area contributed by atoms with Gasteiger partial charge in [0.15, 0.2) is 6.61 Å². The highest BCUT2D eigenvalue weighted by Crippen LogP contribution is 2.25. The van der Waals surface area contributed by atoms with Crippen molar-refractivity contribution in [2.45, 2.75) is 18.4 Å². The van der Waals surface area contributed by atoms with E-state index in [0.29, 0.717) is 28.5 Å². The van der Waals surface area contributed by atoms with E-state index in [-0.39, 0.29) is 29.6 Å². The fraction of sp³-hybridized carbons (Fsp3) is 0.152. The number of anilines is 1. The number of nitrogens with zero attached hydrogens (tertiary/aromatic N) is 4. The molecule has 0 radical (unpaired) electrons. The third kappa shape index (κ3) is 7.68. The van der Waals surface area contributed by atoms with Gasteiger partial charge in [-0.15, -0.1) is 0 Å². The summed E-state index contributed by atoms with van der Waals surface area (Å²) in [6.07, 6.45) is 2.89. The molecule has 13 nitrogen and oxygen atoms in total. The highest BCUT2D eigenvalue weighted by molar-refractivity contribution is 7.92. The van der Waals surface area contributed by atoms with E-state index in [4.69, 9.17) is 9.15 Å². The van der Waals surface area contributed by atoms with Crippen molar-refractivity contribution in [2.75, 3.05) is 17.5 Å². The first-order chi connectivity index (χ1) is 22.6. The van der Waals surface area contributed by atoms with Gasteiger partial charge in [-0.25, -0.2) is 22.8 Å². The molecule has 47 heavy (non-hydrogen) atoms. The summed E-state index contributed by atoms with van der Waals surface area (Å²) in [7, 11) is -2.70. The highest BCUT2D eigenvalue weighted by atomic mass is 32.2. The van der Waals surface area contributed by atoms with Crippen LogP contribution >= 0.6 is 0 Å². The van der Waals surface area contributed by atoms with Crippen LogP contribution in [0.1, 0.15) is 17.0 Å². The quantitative estimate of drug-likeness (QED) is 0.146. The maximum absolute atomic E-state index is 13.9. The molecule has 5 aromatic rings. The molecule has 5 rings (SSSR count). The molecule has 2 N–H and O–H groups in total. The van der Waals surface area contributed by atoms with Crippen LogP contribution in [0.3, 0.4) is 0 Å². The number of hydrogen-bond donors (Lipinski definition) is 2. The summed E-state index contributed by atoms with van der Waals surface area (Å²) in [5.41, 5.74) is 3.04. The van der Waals surface area contributed by atoms with Gasteiger partial charge < -0.3 is 14.5 Å². The third-order valence-electron chi connectivity index (χ3n) is 7.08. The lowest BCUT2D eigenvalue weighted by atomic mass is 10.2. The number of aromatic nitrogens is 2. The molecule has 0 bridgehead atoms. The number of carbonyl (C=O) groups is 2. The molecule has 14 heteroatoms.